The second-order valence-corrected chi connectivity index (χ2v) is 6.05. The lowest BCUT2D eigenvalue weighted by Crippen LogP contribution is -2.64. The fraction of sp³-hybridized carbons (Fsp3) is 1.00. The van der Waals surface area contributed by atoms with Crippen LogP contribution in [0.1, 0.15) is 60.3 Å². The van der Waals surface area contributed by atoms with E-state index in [4.69, 9.17) is 0 Å². The lowest BCUT2D eigenvalue weighted by atomic mass is 9.86. The fourth-order valence-electron chi connectivity index (χ4n) is 2.93. The summed E-state index contributed by atoms with van der Waals surface area (Å²) in [4.78, 5) is 2.78. The van der Waals surface area contributed by atoms with E-state index in [-0.39, 0.29) is 0 Å². The van der Waals surface area contributed by atoms with Gasteiger partial charge in [0.25, 0.3) is 0 Å². The van der Waals surface area contributed by atoms with Gasteiger partial charge in [-0.25, -0.2) is 0 Å². The van der Waals surface area contributed by atoms with Crippen LogP contribution in [0.25, 0.3) is 0 Å². The van der Waals surface area contributed by atoms with Gasteiger partial charge in [-0.3, -0.25) is 4.90 Å². The van der Waals surface area contributed by atoms with Crippen LogP contribution in [-0.4, -0.2) is 36.1 Å². The minimum Gasteiger partial charge on any atom is -0.311 e. The van der Waals surface area contributed by atoms with E-state index >= 15 is 0 Å². The molecular weight excluding hydrogens is 208 g/mol. The van der Waals surface area contributed by atoms with Crippen LogP contribution < -0.4 is 5.32 Å². The summed E-state index contributed by atoms with van der Waals surface area (Å²) in [6, 6.07) is 0.702. The van der Waals surface area contributed by atoms with E-state index < -0.39 is 0 Å². The summed E-state index contributed by atoms with van der Waals surface area (Å²) in [5.41, 5.74) is 0.417. The quantitative estimate of drug-likeness (QED) is 0.766. The molecule has 0 aliphatic carbocycles. The molecule has 1 saturated heterocycles. The summed E-state index contributed by atoms with van der Waals surface area (Å²) in [6.07, 6.45) is 5.12. The number of piperazine rings is 1. The summed E-state index contributed by atoms with van der Waals surface area (Å²) in [5.74, 6) is 0.816. The molecule has 1 rings (SSSR count). The summed E-state index contributed by atoms with van der Waals surface area (Å²) >= 11 is 0. The molecule has 0 aromatic carbocycles. The monoisotopic (exact) mass is 240 g/mol. The second-order valence-electron chi connectivity index (χ2n) is 6.05. The third-order valence-corrected chi connectivity index (χ3v) is 4.62. The maximum atomic E-state index is 3.74. The lowest BCUT2D eigenvalue weighted by molar-refractivity contribution is 0.0274. The Morgan fingerprint density at radius 3 is 2.35 bits per heavy atom. The highest BCUT2D eigenvalue weighted by atomic mass is 15.3. The Morgan fingerprint density at radius 1 is 1.24 bits per heavy atom. The zero-order chi connectivity index (χ0) is 12.9. The van der Waals surface area contributed by atoms with Crippen molar-refractivity contribution in [2.24, 2.45) is 5.92 Å². The van der Waals surface area contributed by atoms with E-state index in [0.717, 1.165) is 5.92 Å². The molecule has 1 heterocycles. The molecule has 1 fully saturated rings. The van der Waals surface area contributed by atoms with Gasteiger partial charge in [0.15, 0.2) is 0 Å². The first-order chi connectivity index (χ1) is 8.07. The third kappa shape index (κ3) is 3.69. The highest BCUT2D eigenvalue weighted by molar-refractivity contribution is 4.97. The Hall–Kier alpha value is -0.0800. The van der Waals surface area contributed by atoms with Crippen molar-refractivity contribution in [2.45, 2.75) is 71.9 Å². The molecule has 2 nitrogen and oxygen atoms in total. The molecule has 2 heteroatoms. The van der Waals surface area contributed by atoms with Gasteiger partial charge in [0, 0.05) is 24.7 Å². The first-order valence-electron chi connectivity index (χ1n) is 7.56. The lowest BCUT2D eigenvalue weighted by Gasteiger charge is -2.50. The van der Waals surface area contributed by atoms with Crippen LogP contribution in [0.2, 0.25) is 0 Å². The van der Waals surface area contributed by atoms with Crippen molar-refractivity contribution < 1.29 is 0 Å². The first kappa shape index (κ1) is 15.0. The molecular formula is C15H32N2. The van der Waals surface area contributed by atoms with Crippen LogP contribution in [0.15, 0.2) is 0 Å². The number of nitrogens with one attached hydrogen (secondary N) is 1. The van der Waals surface area contributed by atoms with Gasteiger partial charge in [-0.05, 0) is 38.1 Å². The molecule has 0 aromatic heterocycles. The predicted octanol–water partition coefficient (Wildman–Crippen LogP) is 3.28. The van der Waals surface area contributed by atoms with Crippen molar-refractivity contribution in [3.05, 3.63) is 0 Å². The minimum atomic E-state index is 0.417. The van der Waals surface area contributed by atoms with E-state index in [2.05, 4.69) is 44.8 Å². The van der Waals surface area contributed by atoms with Gasteiger partial charge >= 0.3 is 0 Å². The fourth-order valence-corrected chi connectivity index (χ4v) is 2.93. The molecule has 102 valence electrons. The Bertz CT molecular complexity index is 209. The maximum Gasteiger partial charge on any atom is 0.0329 e. The molecule has 17 heavy (non-hydrogen) atoms. The van der Waals surface area contributed by atoms with Crippen molar-refractivity contribution in [1.29, 1.82) is 0 Å². The van der Waals surface area contributed by atoms with Crippen LogP contribution in [0, 0.1) is 5.92 Å². The van der Waals surface area contributed by atoms with Crippen LogP contribution in [0.5, 0.6) is 0 Å². The minimum absolute atomic E-state index is 0.417. The number of hydrogen-bond donors (Lipinski definition) is 1. The first-order valence-corrected chi connectivity index (χ1v) is 7.56. The largest absolute Gasteiger partial charge is 0.311 e. The van der Waals surface area contributed by atoms with E-state index in [1.165, 1.54) is 45.3 Å². The van der Waals surface area contributed by atoms with Crippen molar-refractivity contribution in [3.8, 4) is 0 Å². The molecule has 0 spiro atoms. The smallest absolute Gasteiger partial charge is 0.0329 e. The summed E-state index contributed by atoms with van der Waals surface area (Å²) < 4.78 is 0. The molecule has 0 radical (unpaired) electrons. The molecule has 1 N–H and O–H groups in total. The van der Waals surface area contributed by atoms with Gasteiger partial charge < -0.3 is 5.32 Å². The third-order valence-electron chi connectivity index (χ3n) is 4.62. The van der Waals surface area contributed by atoms with E-state index in [1.807, 2.05) is 0 Å². The van der Waals surface area contributed by atoms with Crippen molar-refractivity contribution >= 4 is 0 Å². The van der Waals surface area contributed by atoms with E-state index in [0.29, 0.717) is 11.6 Å². The summed E-state index contributed by atoms with van der Waals surface area (Å²) in [5, 5.41) is 3.74. The van der Waals surface area contributed by atoms with Crippen molar-refractivity contribution in [2.75, 3.05) is 19.6 Å². The highest BCUT2D eigenvalue weighted by Crippen LogP contribution is 2.28. The molecule has 0 saturated carbocycles. The van der Waals surface area contributed by atoms with Crippen LogP contribution in [0.4, 0.5) is 0 Å². The summed E-state index contributed by atoms with van der Waals surface area (Å²) in [6.45, 7) is 15.3. The van der Waals surface area contributed by atoms with Crippen molar-refractivity contribution in [1.82, 2.24) is 10.2 Å². The summed E-state index contributed by atoms with van der Waals surface area (Å²) in [7, 11) is 0. The standard InChI is InChI=1S/C15H32N2/c1-6-14-11-17(10-9-13(4)5)15(7-2,8-3)12-16-14/h13-14,16H,6-12H2,1-5H3. The Balaban J connectivity index is 2.67. The van der Waals surface area contributed by atoms with Gasteiger partial charge in [-0.1, -0.05) is 34.6 Å². The maximum absolute atomic E-state index is 3.74. The van der Waals surface area contributed by atoms with E-state index in [1.54, 1.807) is 0 Å². The van der Waals surface area contributed by atoms with Gasteiger partial charge in [-0.2, -0.15) is 0 Å². The number of nitrogens with zero attached hydrogens (tertiary/aromatic N) is 1. The normalized spacial score (nSPS) is 25.4. The predicted molar refractivity (Wildman–Crippen MR) is 76.4 cm³/mol. The molecule has 1 aliphatic heterocycles. The van der Waals surface area contributed by atoms with Crippen LogP contribution >= 0.6 is 0 Å². The van der Waals surface area contributed by atoms with Gasteiger partial charge in [0.2, 0.25) is 0 Å². The average Bonchev–Trinajstić information content (AvgIpc) is 2.35. The molecule has 0 amide bonds. The highest BCUT2D eigenvalue weighted by Gasteiger charge is 2.37. The molecule has 1 atom stereocenters. The number of rotatable bonds is 6. The molecule has 0 bridgehead atoms. The Labute approximate surface area is 108 Å². The second kappa shape index (κ2) is 6.75. The SMILES string of the molecule is CCC1CN(CCC(C)C)C(CC)(CC)CN1. The Kier molecular flexibility index (Phi) is 5.94. The van der Waals surface area contributed by atoms with Gasteiger partial charge in [-0.15, -0.1) is 0 Å². The average molecular weight is 240 g/mol. The number of hydrogen-bond acceptors (Lipinski definition) is 2. The molecule has 1 unspecified atom stereocenters. The zero-order valence-corrected chi connectivity index (χ0v) is 12.6. The van der Waals surface area contributed by atoms with E-state index in [9.17, 15) is 0 Å². The van der Waals surface area contributed by atoms with Crippen molar-refractivity contribution in [3.63, 3.8) is 0 Å². The molecule has 1 aliphatic rings. The van der Waals surface area contributed by atoms with Crippen LogP contribution in [-0.2, 0) is 0 Å². The van der Waals surface area contributed by atoms with Gasteiger partial charge in [0.05, 0.1) is 0 Å². The zero-order valence-electron chi connectivity index (χ0n) is 12.6. The van der Waals surface area contributed by atoms with Gasteiger partial charge in [0.1, 0.15) is 0 Å². The Morgan fingerprint density at radius 2 is 1.88 bits per heavy atom. The van der Waals surface area contributed by atoms with Crippen LogP contribution in [0.3, 0.4) is 0 Å². The topological polar surface area (TPSA) is 15.3 Å². The molecule has 0 aromatic rings.